The molecule has 0 bridgehead atoms. The van der Waals surface area contributed by atoms with Gasteiger partial charge in [0.2, 0.25) is 5.91 Å². The van der Waals surface area contributed by atoms with Gasteiger partial charge in [0.05, 0.1) is 6.04 Å². The summed E-state index contributed by atoms with van der Waals surface area (Å²) in [6.45, 7) is 10.4. The number of benzene rings is 2. The number of nitrogens with one attached hydrogen (secondary N) is 1. The largest absolute Gasteiger partial charge is 0.368 e. The van der Waals surface area contributed by atoms with E-state index in [0.29, 0.717) is 5.92 Å². The quantitative estimate of drug-likeness (QED) is 0.714. The third-order valence-electron chi connectivity index (χ3n) is 6.98. The van der Waals surface area contributed by atoms with Crippen LogP contribution in [0.4, 0.5) is 5.69 Å². The lowest BCUT2D eigenvalue weighted by atomic mass is 9.91. The number of halogens is 1. The smallest absolute Gasteiger partial charge is 0.240 e. The van der Waals surface area contributed by atoms with Gasteiger partial charge in [0.25, 0.3) is 0 Å². The second-order valence-electron chi connectivity index (χ2n) is 9.52. The van der Waals surface area contributed by atoms with Gasteiger partial charge >= 0.3 is 0 Å². The summed E-state index contributed by atoms with van der Waals surface area (Å²) in [5.41, 5.74) is 11.4. The minimum absolute atomic E-state index is 0.00684. The van der Waals surface area contributed by atoms with Crippen molar-refractivity contribution < 1.29 is 4.79 Å². The molecular weight excluding hydrogens is 420 g/mol. The minimum atomic E-state index is -0.160. The van der Waals surface area contributed by atoms with Crippen LogP contribution >= 0.6 is 11.6 Å². The summed E-state index contributed by atoms with van der Waals surface area (Å²) in [4.78, 5) is 17.8. The highest BCUT2D eigenvalue weighted by Gasteiger charge is 2.37. The minimum Gasteiger partial charge on any atom is -0.368 e. The Morgan fingerprint density at radius 1 is 1.09 bits per heavy atom. The molecule has 2 aromatic rings. The zero-order chi connectivity index (χ0) is 22.8. The van der Waals surface area contributed by atoms with Crippen molar-refractivity contribution in [3.8, 4) is 0 Å². The topological polar surface area (TPSA) is 61.6 Å². The van der Waals surface area contributed by atoms with Crippen LogP contribution in [0.3, 0.4) is 0 Å². The zero-order valence-electron chi connectivity index (χ0n) is 19.4. The Morgan fingerprint density at radius 3 is 2.44 bits per heavy atom. The lowest BCUT2D eigenvalue weighted by Crippen LogP contribution is -2.54. The summed E-state index contributed by atoms with van der Waals surface area (Å²) in [6.07, 6.45) is 0.970. The van der Waals surface area contributed by atoms with Crippen LogP contribution < -0.4 is 16.0 Å². The van der Waals surface area contributed by atoms with Crippen LogP contribution in [0.15, 0.2) is 42.5 Å². The number of piperazine rings is 1. The SMILES string of the molecule is Cc1ccc(N2CCN(C(=O)C3NCCC3c3ccc(Cl)cc3)CC2)c([C@@H](N)C(C)C)c1. The first-order chi connectivity index (χ1) is 15.3. The lowest BCUT2D eigenvalue weighted by Gasteiger charge is -2.39. The molecule has 2 unspecified atom stereocenters. The van der Waals surface area contributed by atoms with Crippen molar-refractivity contribution in [2.75, 3.05) is 37.6 Å². The Balaban J connectivity index is 1.44. The Hall–Kier alpha value is -2.08. The molecule has 3 atom stereocenters. The third kappa shape index (κ3) is 4.80. The molecule has 5 nitrogen and oxygen atoms in total. The van der Waals surface area contributed by atoms with E-state index < -0.39 is 0 Å². The van der Waals surface area contributed by atoms with Crippen LogP contribution in [0.25, 0.3) is 0 Å². The van der Waals surface area contributed by atoms with Gasteiger partial charge in [-0.1, -0.05) is 55.3 Å². The van der Waals surface area contributed by atoms with Crippen molar-refractivity contribution in [1.82, 2.24) is 10.2 Å². The second-order valence-corrected chi connectivity index (χ2v) is 9.96. The maximum Gasteiger partial charge on any atom is 0.240 e. The zero-order valence-corrected chi connectivity index (χ0v) is 20.1. The summed E-state index contributed by atoms with van der Waals surface area (Å²) in [6, 6.07) is 14.3. The number of rotatable bonds is 5. The summed E-state index contributed by atoms with van der Waals surface area (Å²) in [5, 5.41) is 4.18. The highest BCUT2D eigenvalue weighted by atomic mass is 35.5. The molecule has 2 fully saturated rings. The van der Waals surface area contributed by atoms with E-state index in [9.17, 15) is 4.79 Å². The van der Waals surface area contributed by atoms with E-state index in [1.165, 1.54) is 22.4 Å². The Morgan fingerprint density at radius 2 is 1.78 bits per heavy atom. The fourth-order valence-electron chi connectivity index (χ4n) is 4.98. The maximum atomic E-state index is 13.4. The number of hydrogen-bond acceptors (Lipinski definition) is 4. The molecule has 2 heterocycles. The molecule has 0 aliphatic carbocycles. The molecule has 4 rings (SSSR count). The highest BCUT2D eigenvalue weighted by Crippen LogP contribution is 2.32. The van der Waals surface area contributed by atoms with Crippen LogP contribution in [0, 0.1) is 12.8 Å². The van der Waals surface area contributed by atoms with Crippen molar-refractivity contribution in [2.24, 2.45) is 11.7 Å². The first-order valence-corrected chi connectivity index (χ1v) is 12.1. The molecule has 2 saturated heterocycles. The van der Waals surface area contributed by atoms with Gasteiger partial charge in [0.15, 0.2) is 0 Å². The summed E-state index contributed by atoms with van der Waals surface area (Å²) in [5.74, 6) is 0.785. The lowest BCUT2D eigenvalue weighted by molar-refractivity contribution is -0.133. The molecule has 32 heavy (non-hydrogen) atoms. The highest BCUT2D eigenvalue weighted by molar-refractivity contribution is 6.30. The van der Waals surface area contributed by atoms with Crippen molar-refractivity contribution >= 4 is 23.2 Å². The van der Waals surface area contributed by atoms with E-state index >= 15 is 0 Å². The van der Waals surface area contributed by atoms with E-state index in [1.54, 1.807) is 0 Å². The van der Waals surface area contributed by atoms with Gasteiger partial charge in [-0.15, -0.1) is 0 Å². The molecule has 3 N–H and O–H groups in total. The number of carbonyl (C=O) groups excluding carboxylic acids is 1. The van der Waals surface area contributed by atoms with E-state index in [0.717, 1.165) is 44.2 Å². The third-order valence-corrected chi connectivity index (χ3v) is 7.23. The van der Waals surface area contributed by atoms with Crippen LogP contribution in [0.5, 0.6) is 0 Å². The molecule has 0 aromatic heterocycles. The van der Waals surface area contributed by atoms with E-state index in [4.69, 9.17) is 17.3 Å². The molecule has 0 spiro atoms. The first kappa shape index (κ1) is 23.1. The molecule has 2 aliphatic rings. The molecule has 1 amide bonds. The number of nitrogens with two attached hydrogens (primary N) is 1. The average Bonchev–Trinajstić information content (AvgIpc) is 3.28. The van der Waals surface area contributed by atoms with Gasteiger partial charge in [-0.2, -0.15) is 0 Å². The summed E-state index contributed by atoms with van der Waals surface area (Å²) >= 11 is 6.06. The van der Waals surface area contributed by atoms with E-state index in [-0.39, 0.29) is 23.9 Å². The van der Waals surface area contributed by atoms with Gasteiger partial charge in [-0.3, -0.25) is 4.79 Å². The van der Waals surface area contributed by atoms with Crippen LogP contribution in [0.1, 0.15) is 48.9 Å². The summed E-state index contributed by atoms with van der Waals surface area (Å²) < 4.78 is 0. The molecule has 172 valence electrons. The number of aryl methyl sites for hydroxylation is 1. The predicted molar refractivity (Wildman–Crippen MR) is 132 cm³/mol. The van der Waals surface area contributed by atoms with Gasteiger partial charge in [0.1, 0.15) is 0 Å². The maximum absolute atomic E-state index is 13.4. The van der Waals surface area contributed by atoms with Crippen LogP contribution in [-0.4, -0.2) is 49.6 Å². The Kier molecular flexibility index (Phi) is 7.08. The van der Waals surface area contributed by atoms with Gasteiger partial charge < -0.3 is 20.9 Å². The molecule has 2 aromatic carbocycles. The molecule has 0 radical (unpaired) electrons. The molecule has 6 heteroatoms. The fourth-order valence-corrected chi connectivity index (χ4v) is 5.11. The van der Waals surface area contributed by atoms with Crippen molar-refractivity contribution in [3.05, 3.63) is 64.2 Å². The molecular formula is C26H35ClN4O. The Bertz CT molecular complexity index is 937. The fraction of sp³-hybridized carbons (Fsp3) is 0.500. The Labute approximate surface area is 196 Å². The average molecular weight is 455 g/mol. The summed E-state index contributed by atoms with van der Waals surface area (Å²) in [7, 11) is 0. The number of hydrogen-bond donors (Lipinski definition) is 2. The van der Waals surface area contributed by atoms with E-state index in [1.807, 2.05) is 17.0 Å². The van der Waals surface area contributed by atoms with Crippen LogP contribution in [0.2, 0.25) is 5.02 Å². The van der Waals surface area contributed by atoms with Crippen LogP contribution in [-0.2, 0) is 4.79 Å². The number of anilines is 1. The van der Waals surface area contributed by atoms with Gasteiger partial charge in [0, 0.05) is 48.8 Å². The normalized spacial score (nSPS) is 22.4. The van der Waals surface area contributed by atoms with Gasteiger partial charge in [-0.05, 0) is 55.1 Å². The first-order valence-electron chi connectivity index (χ1n) is 11.7. The van der Waals surface area contributed by atoms with Gasteiger partial charge in [-0.25, -0.2) is 0 Å². The van der Waals surface area contributed by atoms with Crippen molar-refractivity contribution in [1.29, 1.82) is 0 Å². The van der Waals surface area contributed by atoms with Crippen molar-refractivity contribution in [3.63, 3.8) is 0 Å². The second kappa shape index (κ2) is 9.82. The number of nitrogens with zero attached hydrogens (tertiary/aromatic N) is 2. The molecule has 0 saturated carbocycles. The molecule has 2 aliphatic heterocycles. The predicted octanol–water partition coefficient (Wildman–Crippen LogP) is 4.10. The number of carbonyl (C=O) groups is 1. The monoisotopic (exact) mass is 454 g/mol. The standard InChI is InChI=1S/C26H35ClN4O/c1-17(2)24(28)22-16-18(3)4-9-23(22)30-12-14-31(15-13-30)26(32)25-21(10-11-29-25)19-5-7-20(27)8-6-19/h4-9,16-17,21,24-25,29H,10-15,28H2,1-3H3/t21?,24-,25?/m0/s1. The number of amides is 1. The van der Waals surface area contributed by atoms with E-state index in [2.05, 4.69) is 61.3 Å². The van der Waals surface area contributed by atoms with Crippen molar-refractivity contribution in [2.45, 2.75) is 45.2 Å².